The highest BCUT2D eigenvalue weighted by molar-refractivity contribution is 7.92. The molecular weight excluding hydrogens is 404 g/mol. The van der Waals surface area contributed by atoms with Gasteiger partial charge in [-0.2, -0.15) is 0 Å². The normalized spacial score (nSPS) is 14.5. The topological polar surface area (TPSA) is 102 Å². The Labute approximate surface area is 168 Å². The van der Waals surface area contributed by atoms with Crippen LogP contribution in [0, 0.1) is 6.92 Å². The summed E-state index contributed by atoms with van der Waals surface area (Å²) in [7, 11) is -3.79. The summed E-state index contributed by atoms with van der Waals surface area (Å²) in [5, 5.41) is 4.89. The van der Waals surface area contributed by atoms with Crippen LogP contribution in [-0.4, -0.2) is 32.1 Å². The fourth-order valence-electron chi connectivity index (χ4n) is 2.86. The van der Waals surface area contributed by atoms with Gasteiger partial charge >= 0.3 is 0 Å². The van der Waals surface area contributed by atoms with Gasteiger partial charge in [0, 0.05) is 23.2 Å². The highest BCUT2D eigenvalue weighted by Gasteiger charge is 2.29. The number of rotatable bonds is 5. The molecule has 0 aliphatic carbocycles. The second-order valence-corrected chi connectivity index (χ2v) is 9.34. The maximum Gasteiger partial charge on any atom is 0.262 e. The molecule has 9 heteroatoms. The van der Waals surface area contributed by atoms with Crippen LogP contribution < -0.4 is 15.4 Å². The van der Waals surface area contributed by atoms with E-state index in [4.69, 9.17) is 16.3 Å². The fourth-order valence-corrected chi connectivity index (χ4v) is 4.56. The quantitative estimate of drug-likeness (QED) is 0.770. The van der Waals surface area contributed by atoms with Crippen molar-refractivity contribution in [1.29, 1.82) is 0 Å². The fraction of sp³-hybridized carbons (Fsp3) is 0.263. The maximum absolute atomic E-state index is 13.0. The van der Waals surface area contributed by atoms with E-state index in [2.05, 4.69) is 10.6 Å². The number of nitrogens with one attached hydrogen (secondary N) is 2. The van der Waals surface area contributed by atoms with Crippen LogP contribution in [-0.2, 0) is 19.4 Å². The minimum Gasteiger partial charge on any atom is -0.482 e. The number of anilines is 2. The number of sulfone groups is 1. The second kappa shape index (κ2) is 7.81. The van der Waals surface area contributed by atoms with E-state index >= 15 is 0 Å². The van der Waals surface area contributed by atoms with Crippen molar-refractivity contribution in [2.45, 2.75) is 30.4 Å². The Balaban J connectivity index is 1.77. The number of amides is 2. The Morgan fingerprint density at radius 2 is 1.96 bits per heavy atom. The molecule has 1 heterocycles. The molecule has 7 nitrogen and oxygen atoms in total. The lowest BCUT2D eigenvalue weighted by molar-refractivity contribution is -0.118. The van der Waals surface area contributed by atoms with Crippen LogP contribution in [0.1, 0.15) is 18.9 Å². The van der Waals surface area contributed by atoms with Gasteiger partial charge in [-0.25, -0.2) is 8.42 Å². The summed E-state index contributed by atoms with van der Waals surface area (Å²) in [5.41, 5.74) is 1.43. The summed E-state index contributed by atoms with van der Waals surface area (Å²) in [6, 6.07) is 9.49. The molecule has 1 aliphatic rings. The van der Waals surface area contributed by atoms with Crippen LogP contribution in [0.4, 0.5) is 11.4 Å². The molecule has 0 bridgehead atoms. The molecule has 28 heavy (non-hydrogen) atoms. The summed E-state index contributed by atoms with van der Waals surface area (Å²) >= 11 is 5.81. The molecule has 148 valence electrons. The van der Waals surface area contributed by atoms with E-state index in [-0.39, 0.29) is 23.8 Å². The van der Waals surface area contributed by atoms with Crippen LogP contribution in [0.5, 0.6) is 5.75 Å². The number of aryl methyl sites for hydroxylation is 1. The number of carbonyl (C=O) groups excluding carboxylic acids is 2. The lowest BCUT2D eigenvalue weighted by Gasteiger charge is -2.21. The summed E-state index contributed by atoms with van der Waals surface area (Å²) in [6.07, 6.45) is -0.209. The molecule has 0 spiro atoms. The van der Waals surface area contributed by atoms with E-state index in [0.717, 1.165) is 0 Å². The molecule has 0 saturated carbocycles. The van der Waals surface area contributed by atoms with Crippen LogP contribution in [0.25, 0.3) is 0 Å². The van der Waals surface area contributed by atoms with E-state index < -0.39 is 21.0 Å². The number of halogens is 1. The largest absolute Gasteiger partial charge is 0.482 e. The molecule has 0 radical (unpaired) electrons. The molecule has 1 atom stereocenters. The maximum atomic E-state index is 13.0. The van der Waals surface area contributed by atoms with E-state index in [0.29, 0.717) is 27.7 Å². The Kier molecular flexibility index (Phi) is 5.62. The van der Waals surface area contributed by atoms with Crippen molar-refractivity contribution < 1.29 is 22.7 Å². The van der Waals surface area contributed by atoms with E-state index in [1.165, 1.54) is 13.0 Å². The Morgan fingerprint density at radius 3 is 2.64 bits per heavy atom. The summed E-state index contributed by atoms with van der Waals surface area (Å²) in [5.74, 6) is -0.422. The monoisotopic (exact) mass is 422 g/mol. The molecule has 0 saturated heterocycles. The molecule has 1 aliphatic heterocycles. The highest BCUT2D eigenvalue weighted by atomic mass is 35.5. The number of hydrogen-bond acceptors (Lipinski definition) is 5. The van der Waals surface area contributed by atoms with Gasteiger partial charge in [0.15, 0.2) is 16.4 Å². The Bertz CT molecular complexity index is 1040. The van der Waals surface area contributed by atoms with Gasteiger partial charge in [0.25, 0.3) is 5.91 Å². The molecule has 2 N–H and O–H groups in total. The zero-order valence-electron chi connectivity index (χ0n) is 15.3. The van der Waals surface area contributed by atoms with E-state index in [9.17, 15) is 18.0 Å². The van der Waals surface area contributed by atoms with Crippen molar-refractivity contribution in [3.63, 3.8) is 0 Å². The Morgan fingerprint density at radius 1 is 1.29 bits per heavy atom. The molecule has 2 amide bonds. The van der Waals surface area contributed by atoms with Crippen molar-refractivity contribution in [2.24, 2.45) is 0 Å². The van der Waals surface area contributed by atoms with Crippen molar-refractivity contribution in [3.8, 4) is 5.75 Å². The molecule has 2 aromatic rings. The van der Waals surface area contributed by atoms with Gasteiger partial charge in [-0.05, 0) is 49.7 Å². The third-order valence-electron chi connectivity index (χ3n) is 4.35. The van der Waals surface area contributed by atoms with Crippen molar-refractivity contribution >= 4 is 44.6 Å². The first-order valence-electron chi connectivity index (χ1n) is 8.53. The van der Waals surface area contributed by atoms with Crippen molar-refractivity contribution in [2.75, 3.05) is 17.2 Å². The van der Waals surface area contributed by atoms with Gasteiger partial charge in [0.05, 0.1) is 15.8 Å². The predicted octanol–water partition coefficient (Wildman–Crippen LogP) is 3.17. The predicted molar refractivity (Wildman–Crippen MR) is 107 cm³/mol. The zero-order valence-corrected chi connectivity index (χ0v) is 16.9. The first kappa shape index (κ1) is 20.2. The van der Waals surface area contributed by atoms with Gasteiger partial charge in [-0.15, -0.1) is 0 Å². The van der Waals surface area contributed by atoms with Gasteiger partial charge in [-0.3, -0.25) is 9.59 Å². The molecule has 3 rings (SSSR count). The lowest BCUT2D eigenvalue weighted by Crippen LogP contribution is -2.27. The van der Waals surface area contributed by atoms with Gasteiger partial charge in [-0.1, -0.05) is 11.6 Å². The number of benzene rings is 2. The molecular formula is C19H19ClN2O5S. The van der Waals surface area contributed by atoms with Gasteiger partial charge in [0.1, 0.15) is 5.75 Å². The first-order chi connectivity index (χ1) is 13.2. The van der Waals surface area contributed by atoms with E-state index in [1.54, 1.807) is 37.3 Å². The summed E-state index contributed by atoms with van der Waals surface area (Å²) < 4.78 is 31.3. The van der Waals surface area contributed by atoms with E-state index in [1.807, 2.05) is 0 Å². The minimum atomic E-state index is -3.79. The third kappa shape index (κ3) is 4.28. The minimum absolute atomic E-state index is 0.0780. The Hall–Kier alpha value is -2.58. The van der Waals surface area contributed by atoms with Crippen LogP contribution >= 0.6 is 11.6 Å². The number of fused-ring (bicyclic) bond motifs is 1. The smallest absolute Gasteiger partial charge is 0.262 e. The van der Waals surface area contributed by atoms with Gasteiger partial charge in [0.2, 0.25) is 5.91 Å². The standard InChI is InChI=1S/C19H19ClN2O5S/c1-11-7-15-16(27-10-19(24)22-15)9-17(11)28(25,26)12(2)8-18(23)21-14-5-3-13(20)4-6-14/h3-7,9,12H,8,10H2,1-2H3,(H,21,23)(H,22,24)/t12-/m1/s1. The average Bonchev–Trinajstić information content (AvgIpc) is 2.62. The second-order valence-electron chi connectivity index (χ2n) is 6.57. The molecule has 0 unspecified atom stereocenters. The number of ether oxygens (including phenoxy) is 1. The zero-order chi connectivity index (χ0) is 20.5. The molecule has 0 fully saturated rings. The van der Waals surface area contributed by atoms with Crippen molar-refractivity contribution in [1.82, 2.24) is 0 Å². The first-order valence-corrected chi connectivity index (χ1v) is 10.5. The van der Waals surface area contributed by atoms with Gasteiger partial charge < -0.3 is 15.4 Å². The van der Waals surface area contributed by atoms with Crippen LogP contribution in [0.2, 0.25) is 5.02 Å². The van der Waals surface area contributed by atoms with Crippen LogP contribution in [0.15, 0.2) is 41.3 Å². The van der Waals surface area contributed by atoms with Crippen molar-refractivity contribution in [3.05, 3.63) is 47.0 Å². The summed E-state index contributed by atoms with van der Waals surface area (Å²) in [4.78, 5) is 23.7. The third-order valence-corrected chi connectivity index (χ3v) is 6.88. The lowest BCUT2D eigenvalue weighted by atomic mass is 10.2. The SMILES string of the molecule is Cc1cc2c(cc1S(=O)(=O)[C@H](C)CC(=O)Nc1ccc(Cl)cc1)OCC(=O)N2. The number of carbonyl (C=O) groups is 2. The number of hydrogen-bond donors (Lipinski definition) is 2. The molecule has 2 aromatic carbocycles. The molecule has 0 aromatic heterocycles. The van der Waals surface area contributed by atoms with Crippen LogP contribution in [0.3, 0.4) is 0 Å². The average molecular weight is 423 g/mol. The highest BCUT2D eigenvalue weighted by Crippen LogP contribution is 2.34. The summed E-state index contributed by atoms with van der Waals surface area (Å²) in [6.45, 7) is 2.95.